The fraction of sp³-hybridized carbons (Fsp3) is 0.846. The minimum atomic E-state index is -2.76. The molecule has 2 aliphatic rings. The summed E-state index contributed by atoms with van der Waals surface area (Å²) < 4.78 is 27.2. The monoisotopic (exact) mass is 287 g/mol. The van der Waals surface area contributed by atoms with Crippen LogP contribution in [0.15, 0.2) is 4.99 Å². The number of alkyl halides is 2. The number of halogens is 2. The molecule has 0 spiro atoms. The van der Waals surface area contributed by atoms with Gasteiger partial charge in [0.2, 0.25) is 0 Å². The highest BCUT2D eigenvalue weighted by Gasteiger charge is 2.42. The van der Waals surface area contributed by atoms with Gasteiger partial charge in [-0.25, -0.2) is 8.78 Å². The number of aliphatic imine (C=N–C) groups is 1. The number of nitrogens with zero attached hydrogens (tertiary/aromatic N) is 2. The molecule has 1 saturated heterocycles. The number of piperidine rings is 1. The number of guanidine groups is 1. The Hall–Kier alpha value is -1.40. The lowest BCUT2D eigenvalue weighted by atomic mass is 9.95. The van der Waals surface area contributed by atoms with E-state index in [-0.39, 0.29) is 30.8 Å². The van der Waals surface area contributed by atoms with E-state index in [0.717, 1.165) is 25.7 Å². The van der Waals surface area contributed by atoms with Crippen LogP contribution < -0.4 is 11.5 Å². The van der Waals surface area contributed by atoms with Crippen molar-refractivity contribution >= 4 is 11.8 Å². The maximum atomic E-state index is 13.6. The molecule has 1 aliphatic carbocycles. The molecule has 1 unspecified atom stereocenters. The van der Waals surface area contributed by atoms with Gasteiger partial charge < -0.3 is 16.4 Å². The first kappa shape index (κ1) is 15.0. The quantitative estimate of drug-likeness (QED) is 0.533. The normalized spacial score (nSPS) is 28.4. The van der Waals surface area contributed by atoms with Gasteiger partial charge in [-0.15, -0.1) is 0 Å². The third kappa shape index (κ3) is 3.58. The van der Waals surface area contributed by atoms with Crippen LogP contribution in [0.4, 0.5) is 8.78 Å². The summed E-state index contributed by atoms with van der Waals surface area (Å²) in [6, 6.07) is -0.619. The summed E-state index contributed by atoms with van der Waals surface area (Å²) in [5.74, 6) is -2.78. The third-order valence-corrected chi connectivity index (χ3v) is 4.14. The zero-order chi connectivity index (χ0) is 14.8. The molecule has 0 aromatic carbocycles. The first-order valence-electron chi connectivity index (χ1n) is 7.21. The topological polar surface area (TPSA) is 91.5 Å². The van der Waals surface area contributed by atoms with Gasteiger partial charge in [-0.2, -0.15) is 0 Å². The highest BCUT2D eigenvalue weighted by Crippen LogP contribution is 2.32. The fourth-order valence-corrected chi connectivity index (χ4v) is 2.99. The summed E-state index contributed by atoms with van der Waals surface area (Å²) in [4.78, 5) is 5.85. The Morgan fingerprint density at radius 3 is 2.45 bits per heavy atom. The van der Waals surface area contributed by atoms with E-state index in [2.05, 4.69) is 4.99 Å². The van der Waals surface area contributed by atoms with Gasteiger partial charge >= 0.3 is 0 Å². The van der Waals surface area contributed by atoms with E-state index in [1.165, 1.54) is 11.3 Å². The van der Waals surface area contributed by atoms with Gasteiger partial charge in [-0.05, 0) is 12.8 Å². The predicted molar refractivity (Wildman–Crippen MR) is 75.1 cm³/mol. The standard InChI is InChI=1S/C13H23F2N5/c14-13(15)6-7-20(12(17)18)10(8-13)11(16)19-9-4-2-1-3-5-9/h9-10H,1-8H2,(H2,16,19)(H3,17,18). The summed E-state index contributed by atoms with van der Waals surface area (Å²) in [5.41, 5.74) is 11.4. The van der Waals surface area contributed by atoms with Crippen LogP contribution in [0.5, 0.6) is 0 Å². The van der Waals surface area contributed by atoms with Crippen molar-refractivity contribution in [2.24, 2.45) is 16.5 Å². The fourth-order valence-electron chi connectivity index (χ4n) is 2.99. The van der Waals surface area contributed by atoms with Gasteiger partial charge in [0.1, 0.15) is 5.84 Å². The highest BCUT2D eigenvalue weighted by atomic mass is 19.3. The van der Waals surface area contributed by atoms with Gasteiger partial charge in [-0.1, -0.05) is 19.3 Å². The number of nitrogens with one attached hydrogen (secondary N) is 1. The average Bonchev–Trinajstić information content (AvgIpc) is 2.38. The van der Waals surface area contributed by atoms with E-state index >= 15 is 0 Å². The maximum absolute atomic E-state index is 13.6. The molecule has 2 rings (SSSR count). The Morgan fingerprint density at radius 2 is 1.85 bits per heavy atom. The lowest BCUT2D eigenvalue weighted by molar-refractivity contribution is -0.0527. The van der Waals surface area contributed by atoms with Crippen molar-refractivity contribution in [1.82, 2.24) is 4.90 Å². The molecule has 0 bridgehead atoms. The van der Waals surface area contributed by atoms with Gasteiger partial charge in [0.15, 0.2) is 5.96 Å². The molecule has 0 amide bonds. The number of hydrogen-bond acceptors (Lipinski definition) is 2. The van der Waals surface area contributed by atoms with Crippen molar-refractivity contribution in [3.05, 3.63) is 0 Å². The minimum absolute atomic E-state index is 0.0495. The van der Waals surface area contributed by atoms with Crippen LogP contribution >= 0.6 is 0 Å². The average molecular weight is 287 g/mol. The molecule has 114 valence electrons. The second-order valence-electron chi connectivity index (χ2n) is 5.75. The lowest BCUT2D eigenvalue weighted by Gasteiger charge is -2.39. The smallest absolute Gasteiger partial charge is 0.252 e. The molecule has 0 aromatic heterocycles. The summed E-state index contributed by atoms with van der Waals surface area (Å²) >= 11 is 0. The second-order valence-corrected chi connectivity index (χ2v) is 5.75. The van der Waals surface area contributed by atoms with Crippen LogP contribution in [0.3, 0.4) is 0 Å². The van der Waals surface area contributed by atoms with E-state index < -0.39 is 18.4 Å². The Kier molecular flexibility index (Phi) is 4.45. The molecule has 1 saturated carbocycles. The molecule has 1 heterocycles. The van der Waals surface area contributed by atoms with Crippen molar-refractivity contribution in [2.45, 2.75) is 63.0 Å². The first-order valence-corrected chi connectivity index (χ1v) is 7.21. The van der Waals surface area contributed by atoms with E-state index in [1.807, 2.05) is 0 Å². The number of likely N-dealkylation sites (tertiary alicyclic amines) is 1. The Balaban J connectivity index is 2.12. The molecule has 20 heavy (non-hydrogen) atoms. The van der Waals surface area contributed by atoms with Crippen molar-refractivity contribution in [3.63, 3.8) is 0 Å². The van der Waals surface area contributed by atoms with Crippen LogP contribution in [0.1, 0.15) is 44.9 Å². The molecular formula is C13H23F2N5. The molecule has 5 nitrogen and oxygen atoms in total. The Labute approximate surface area is 117 Å². The SMILES string of the molecule is N=C(N)N1CCC(F)(F)CC1C(N)=NC1CCCCC1. The van der Waals surface area contributed by atoms with Crippen LogP contribution in [0.2, 0.25) is 0 Å². The van der Waals surface area contributed by atoms with E-state index in [1.54, 1.807) is 0 Å². The highest BCUT2D eigenvalue weighted by molar-refractivity contribution is 5.90. The molecular weight excluding hydrogens is 264 g/mol. The van der Waals surface area contributed by atoms with Crippen molar-refractivity contribution in [2.75, 3.05) is 6.54 Å². The van der Waals surface area contributed by atoms with E-state index in [4.69, 9.17) is 16.9 Å². The summed E-state index contributed by atoms with van der Waals surface area (Å²) in [7, 11) is 0. The molecule has 2 fully saturated rings. The summed E-state index contributed by atoms with van der Waals surface area (Å²) in [5, 5.41) is 7.51. The largest absolute Gasteiger partial charge is 0.386 e. The van der Waals surface area contributed by atoms with Gasteiger partial charge in [-0.3, -0.25) is 10.4 Å². The van der Waals surface area contributed by atoms with Crippen molar-refractivity contribution < 1.29 is 8.78 Å². The number of hydrogen-bond donors (Lipinski definition) is 3. The van der Waals surface area contributed by atoms with Crippen molar-refractivity contribution in [1.29, 1.82) is 5.41 Å². The Bertz CT molecular complexity index is 390. The van der Waals surface area contributed by atoms with E-state index in [0.29, 0.717) is 0 Å². The van der Waals surface area contributed by atoms with Crippen molar-refractivity contribution in [3.8, 4) is 0 Å². The van der Waals surface area contributed by atoms with Crippen LogP contribution in [0.25, 0.3) is 0 Å². The van der Waals surface area contributed by atoms with Gasteiger partial charge in [0, 0.05) is 19.4 Å². The third-order valence-electron chi connectivity index (χ3n) is 4.14. The maximum Gasteiger partial charge on any atom is 0.252 e. The van der Waals surface area contributed by atoms with Crippen LogP contribution in [0, 0.1) is 5.41 Å². The zero-order valence-corrected chi connectivity index (χ0v) is 11.6. The van der Waals surface area contributed by atoms with E-state index in [9.17, 15) is 8.78 Å². The number of rotatable bonds is 2. The van der Waals surface area contributed by atoms with Crippen LogP contribution in [-0.2, 0) is 0 Å². The zero-order valence-electron chi connectivity index (χ0n) is 11.6. The van der Waals surface area contributed by atoms with Gasteiger partial charge in [0.05, 0.1) is 12.1 Å². The lowest BCUT2D eigenvalue weighted by Crippen LogP contribution is -2.57. The minimum Gasteiger partial charge on any atom is -0.386 e. The number of amidine groups is 1. The first-order chi connectivity index (χ1) is 9.39. The number of nitrogens with two attached hydrogens (primary N) is 2. The summed E-state index contributed by atoms with van der Waals surface area (Å²) in [6.07, 6.45) is 4.65. The molecule has 0 aromatic rings. The molecule has 1 aliphatic heterocycles. The Morgan fingerprint density at radius 1 is 1.20 bits per heavy atom. The second kappa shape index (κ2) is 5.93. The predicted octanol–water partition coefficient (Wildman–Crippen LogP) is 1.67. The molecule has 5 N–H and O–H groups in total. The molecule has 7 heteroatoms. The van der Waals surface area contributed by atoms with Gasteiger partial charge in [0.25, 0.3) is 5.92 Å². The summed E-state index contributed by atoms with van der Waals surface area (Å²) in [6.45, 7) is 0.0495. The van der Waals surface area contributed by atoms with Crippen LogP contribution in [-0.4, -0.2) is 41.2 Å². The molecule has 1 atom stereocenters. The molecule has 0 radical (unpaired) electrons.